The van der Waals surface area contributed by atoms with Crippen LogP contribution in [0.4, 0.5) is 17.6 Å². The second-order valence-corrected chi connectivity index (χ2v) is 12.3. The summed E-state index contributed by atoms with van der Waals surface area (Å²) in [5.41, 5.74) is -0.861. The quantitative estimate of drug-likeness (QED) is 0.438. The first-order valence-corrected chi connectivity index (χ1v) is 14.0. The van der Waals surface area contributed by atoms with E-state index in [0.717, 1.165) is 12.8 Å². The fourth-order valence-electron chi connectivity index (χ4n) is 6.29. The zero-order chi connectivity index (χ0) is 28.7. The first-order chi connectivity index (χ1) is 18.9. The number of nitrogens with zero attached hydrogens (tertiary/aromatic N) is 3. The lowest BCUT2D eigenvalue weighted by atomic mass is 9.67. The molecule has 3 aliphatic rings. The van der Waals surface area contributed by atoms with Crippen LogP contribution >= 0.6 is 0 Å². The number of benzene rings is 1. The first kappa shape index (κ1) is 28.8. The number of carbonyl (C=O) groups is 1. The largest absolute Gasteiger partial charge is 0.477 e. The molecule has 218 valence electrons. The highest BCUT2D eigenvalue weighted by Gasteiger charge is 2.58. The van der Waals surface area contributed by atoms with Crippen molar-refractivity contribution in [2.24, 2.45) is 11.3 Å². The molecule has 10 heteroatoms. The molecule has 1 N–H and O–H groups in total. The number of hydrogen-bond acceptors (Lipinski definition) is 5. The van der Waals surface area contributed by atoms with E-state index in [1.54, 1.807) is 24.4 Å². The number of β-amino-alcohol motifs (C(OH)–C–C–N with tert-alkyl or cyclic N) is 1. The molecule has 2 aromatic rings. The van der Waals surface area contributed by atoms with Crippen molar-refractivity contribution in [2.75, 3.05) is 32.8 Å². The number of amides is 1. The van der Waals surface area contributed by atoms with Crippen molar-refractivity contribution in [1.82, 2.24) is 14.8 Å². The molecular weight excluding hydrogens is 526 g/mol. The Kier molecular flexibility index (Phi) is 7.87. The summed E-state index contributed by atoms with van der Waals surface area (Å²) in [6, 6.07) is 7.93. The third-order valence-electron chi connectivity index (χ3n) is 8.99. The van der Waals surface area contributed by atoms with E-state index in [9.17, 15) is 27.5 Å². The summed E-state index contributed by atoms with van der Waals surface area (Å²) in [7, 11) is 0. The zero-order valence-electron chi connectivity index (χ0n) is 23.0. The van der Waals surface area contributed by atoms with E-state index in [4.69, 9.17) is 4.74 Å². The Balaban J connectivity index is 1.12. The van der Waals surface area contributed by atoms with Gasteiger partial charge in [-0.1, -0.05) is 12.5 Å². The van der Waals surface area contributed by atoms with Gasteiger partial charge in [0.2, 0.25) is 5.88 Å². The molecule has 6 nitrogen and oxygen atoms in total. The van der Waals surface area contributed by atoms with Gasteiger partial charge in [-0.2, -0.15) is 13.2 Å². The predicted octanol–water partition coefficient (Wildman–Crippen LogP) is 5.70. The van der Waals surface area contributed by atoms with Gasteiger partial charge in [-0.15, -0.1) is 0 Å². The number of ether oxygens (including phenoxy) is 1. The van der Waals surface area contributed by atoms with Crippen LogP contribution in [-0.2, 0) is 0 Å². The maximum absolute atomic E-state index is 15.0. The molecule has 0 radical (unpaired) electrons. The summed E-state index contributed by atoms with van der Waals surface area (Å²) < 4.78 is 61.4. The minimum absolute atomic E-state index is 0.0360. The molecule has 1 atom stereocenters. The van der Waals surface area contributed by atoms with E-state index in [1.807, 2.05) is 18.7 Å². The van der Waals surface area contributed by atoms with Crippen molar-refractivity contribution < 1.29 is 32.2 Å². The average Bonchev–Trinajstić information content (AvgIpc) is 3.16. The summed E-state index contributed by atoms with van der Waals surface area (Å²) >= 11 is 0. The predicted molar refractivity (Wildman–Crippen MR) is 142 cm³/mol. The number of aromatic nitrogens is 1. The van der Waals surface area contributed by atoms with Crippen LogP contribution in [0.15, 0.2) is 36.5 Å². The van der Waals surface area contributed by atoms with Crippen molar-refractivity contribution in [2.45, 2.75) is 70.2 Å². The molecule has 1 unspecified atom stereocenters. The molecule has 1 aliphatic carbocycles. The SMILES string of the molecule is CC1(C)CC(O)CN1C(=O)c1ccc(-c2ccc(OCC3CCN(CC4(C(F)(F)F)CCC4)CC3)nc2)cc1F. The third-order valence-corrected chi connectivity index (χ3v) is 8.99. The molecule has 1 amide bonds. The fourth-order valence-corrected chi connectivity index (χ4v) is 6.29. The Morgan fingerprint density at radius 3 is 2.35 bits per heavy atom. The highest BCUT2D eigenvalue weighted by molar-refractivity contribution is 5.95. The molecule has 2 aliphatic heterocycles. The van der Waals surface area contributed by atoms with Crippen LogP contribution in [0, 0.1) is 17.2 Å². The monoisotopic (exact) mass is 563 g/mol. The van der Waals surface area contributed by atoms with E-state index in [2.05, 4.69) is 4.98 Å². The molecule has 0 bridgehead atoms. The lowest BCUT2D eigenvalue weighted by Gasteiger charge is -2.47. The van der Waals surface area contributed by atoms with E-state index >= 15 is 0 Å². The molecule has 3 fully saturated rings. The van der Waals surface area contributed by atoms with Crippen LogP contribution < -0.4 is 4.74 Å². The average molecular weight is 564 g/mol. The number of carbonyl (C=O) groups excluding carboxylic acids is 1. The Morgan fingerprint density at radius 2 is 1.82 bits per heavy atom. The second-order valence-electron chi connectivity index (χ2n) is 12.3. The smallest absolute Gasteiger partial charge is 0.395 e. The summed E-state index contributed by atoms with van der Waals surface area (Å²) in [5, 5.41) is 9.97. The molecule has 2 saturated heterocycles. The molecule has 0 spiro atoms. The summed E-state index contributed by atoms with van der Waals surface area (Å²) in [5.74, 6) is -0.397. The van der Waals surface area contributed by atoms with Crippen LogP contribution in [0.1, 0.15) is 62.7 Å². The number of piperidine rings is 1. The summed E-state index contributed by atoms with van der Waals surface area (Å²) in [6.45, 7) is 5.70. The Hall–Kier alpha value is -2.72. The van der Waals surface area contributed by atoms with Gasteiger partial charge in [-0.3, -0.25) is 4.79 Å². The van der Waals surface area contributed by atoms with Crippen molar-refractivity contribution in [3.05, 3.63) is 47.9 Å². The standard InChI is InChI=1S/C30H37F4N3O3/c1-28(2)15-23(38)17-37(28)27(39)24-6-4-21(14-25(24)31)22-5-7-26(35-16-22)40-18-20-8-12-36(13-9-20)19-29(10-3-11-29)30(32,33)34/h4-7,14,16,20,23,38H,3,8-13,15,17-19H2,1-2H3. The molecule has 5 rings (SSSR count). The van der Waals surface area contributed by atoms with Gasteiger partial charge in [-0.25, -0.2) is 9.37 Å². The third kappa shape index (κ3) is 5.84. The summed E-state index contributed by atoms with van der Waals surface area (Å²) in [6.07, 6.45) is -0.0425. The van der Waals surface area contributed by atoms with Gasteiger partial charge in [0.1, 0.15) is 5.82 Å². The van der Waals surface area contributed by atoms with Gasteiger partial charge < -0.3 is 19.6 Å². The van der Waals surface area contributed by atoms with E-state index in [1.165, 1.54) is 17.0 Å². The zero-order valence-corrected chi connectivity index (χ0v) is 23.0. The van der Waals surface area contributed by atoms with Crippen molar-refractivity contribution in [1.29, 1.82) is 0 Å². The van der Waals surface area contributed by atoms with Crippen LogP contribution in [-0.4, -0.2) is 76.4 Å². The van der Waals surface area contributed by atoms with Gasteiger partial charge >= 0.3 is 6.18 Å². The van der Waals surface area contributed by atoms with Crippen LogP contribution in [0.5, 0.6) is 5.88 Å². The maximum atomic E-state index is 15.0. The highest BCUT2D eigenvalue weighted by atomic mass is 19.4. The first-order valence-electron chi connectivity index (χ1n) is 14.0. The molecule has 40 heavy (non-hydrogen) atoms. The van der Waals surface area contributed by atoms with Gasteiger partial charge in [0.15, 0.2) is 0 Å². The number of likely N-dealkylation sites (tertiary alicyclic amines) is 2. The number of rotatable bonds is 7. The van der Waals surface area contributed by atoms with Crippen molar-refractivity contribution in [3.8, 4) is 17.0 Å². The lowest BCUT2D eigenvalue weighted by molar-refractivity contribution is -0.256. The van der Waals surface area contributed by atoms with Crippen molar-refractivity contribution >= 4 is 5.91 Å². The van der Waals surface area contributed by atoms with E-state index < -0.39 is 35.0 Å². The number of aliphatic hydroxyl groups is 1. The number of hydrogen-bond donors (Lipinski definition) is 1. The van der Waals surface area contributed by atoms with Gasteiger partial charge in [0.05, 0.1) is 23.7 Å². The van der Waals surface area contributed by atoms with Crippen LogP contribution in [0.2, 0.25) is 0 Å². The molecular formula is C30H37F4N3O3. The highest BCUT2D eigenvalue weighted by Crippen LogP contribution is 2.53. The minimum Gasteiger partial charge on any atom is -0.477 e. The van der Waals surface area contributed by atoms with E-state index in [0.29, 0.717) is 49.5 Å². The van der Waals surface area contributed by atoms with Crippen LogP contribution in [0.3, 0.4) is 0 Å². The Labute approximate surface area is 232 Å². The minimum atomic E-state index is -4.14. The fraction of sp³-hybridized carbons (Fsp3) is 0.600. The number of halogens is 4. The number of alkyl halides is 3. The second kappa shape index (κ2) is 10.9. The van der Waals surface area contributed by atoms with Crippen LogP contribution in [0.25, 0.3) is 11.1 Å². The maximum Gasteiger partial charge on any atom is 0.395 e. The summed E-state index contributed by atoms with van der Waals surface area (Å²) in [4.78, 5) is 20.8. The molecule has 3 heterocycles. The molecule has 1 saturated carbocycles. The lowest BCUT2D eigenvalue weighted by Crippen LogP contribution is -2.53. The molecule has 1 aromatic carbocycles. The van der Waals surface area contributed by atoms with Gasteiger partial charge in [-0.05, 0) is 88.7 Å². The van der Waals surface area contributed by atoms with Gasteiger partial charge in [0.25, 0.3) is 5.91 Å². The Morgan fingerprint density at radius 1 is 1.12 bits per heavy atom. The number of pyridine rings is 1. The topological polar surface area (TPSA) is 65.9 Å². The van der Waals surface area contributed by atoms with Crippen molar-refractivity contribution in [3.63, 3.8) is 0 Å². The van der Waals surface area contributed by atoms with E-state index in [-0.39, 0.29) is 37.4 Å². The molecule has 1 aromatic heterocycles. The Bertz CT molecular complexity index is 1210. The normalized spacial score (nSPS) is 23.2. The number of aliphatic hydroxyl groups excluding tert-OH is 1. The van der Waals surface area contributed by atoms with Gasteiger partial charge in [0, 0.05) is 36.5 Å².